The molecule has 0 saturated carbocycles. The molecule has 0 aliphatic carbocycles. The molecule has 2 N–H and O–H groups in total. The predicted molar refractivity (Wildman–Crippen MR) is 87.5 cm³/mol. The van der Waals surface area contributed by atoms with Crippen LogP contribution in [0, 0.1) is 13.8 Å². The number of nitrogens with one attached hydrogen (secondary N) is 1. The van der Waals surface area contributed by atoms with Crippen LogP contribution < -0.4 is 5.32 Å². The number of hydrogen-bond donors (Lipinski definition) is 2. The maximum absolute atomic E-state index is 12.4. The maximum atomic E-state index is 12.4. The van der Waals surface area contributed by atoms with Gasteiger partial charge in [0, 0.05) is 0 Å². The molecule has 22 heavy (non-hydrogen) atoms. The van der Waals surface area contributed by atoms with Crippen LogP contribution in [0.4, 0.5) is 0 Å². The van der Waals surface area contributed by atoms with Crippen LogP contribution in [-0.4, -0.2) is 17.0 Å². The van der Waals surface area contributed by atoms with Crippen LogP contribution in [-0.2, 0) is 11.2 Å². The number of aryl methyl sites for hydroxylation is 3. The summed E-state index contributed by atoms with van der Waals surface area (Å²) in [7, 11) is 0. The van der Waals surface area contributed by atoms with Crippen molar-refractivity contribution in [3.63, 3.8) is 0 Å². The highest BCUT2D eigenvalue weighted by Gasteiger charge is 2.24. The van der Waals surface area contributed by atoms with Crippen molar-refractivity contribution < 1.29 is 14.7 Å². The van der Waals surface area contributed by atoms with E-state index in [1.165, 1.54) is 11.3 Å². The van der Waals surface area contributed by atoms with Crippen LogP contribution in [0.1, 0.15) is 44.9 Å². The van der Waals surface area contributed by atoms with Gasteiger partial charge in [-0.25, -0.2) is 4.79 Å². The molecular weight excluding hydrogens is 298 g/mol. The van der Waals surface area contributed by atoms with E-state index < -0.39 is 12.0 Å². The van der Waals surface area contributed by atoms with Gasteiger partial charge < -0.3 is 10.4 Å². The third-order valence-electron chi connectivity index (χ3n) is 3.43. The fourth-order valence-corrected chi connectivity index (χ4v) is 3.37. The maximum Gasteiger partial charge on any atom is 0.330 e. The summed E-state index contributed by atoms with van der Waals surface area (Å²) >= 11 is 1.33. The third kappa shape index (κ3) is 3.54. The fraction of sp³-hybridized carbons (Fsp3) is 0.294. The Labute approximate surface area is 133 Å². The number of carboxylic acid groups (broad SMARTS) is 1. The van der Waals surface area contributed by atoms with Crippen LogP contribution in [0.2, 0.25) is 0 Å². The van der Waals surface area contributed by atoms with Crippen molar-refractivity contribution in [1.29, 1.82) is 0 Å². The summed E-state index contributed by atoms with van der Waals surface area (Å²) in [4.78, 5) is 24.5. The molecule has 116 valence electrons. The highest BCUT2D eigenvalue weighted by molar-refractivity contribution is 7.12. The van der Waals surface area contributed by atoms with E-state index in [9.17, 15) is 14.7 Å². The van der Waals surface area contributed by atoms with Gasteiger partial charge in [-0.2, -0.15) is 0 Å². The second kappa shape index (κ2) is 6.75. The van der Waals surface area contributed by atoms with Gasteiger partial charge in [0.25, 0.3) is 5.91 Å². The molecule has 2 rings (SSSR count). The molecule has 4 nitrogen and oxygen atoms in total. The first kappa shape index (κ1) is 16.2. The van der Waals surface area contributed by atoms with E-state index in [0.29, 0.717) is 10.4 Å². The number of amides is 1. The third-order valence-corrected chi connectivity index (χ3v) is 4.39. The average molecular weight is 317 g/mol. The van der Waals surface area contributed by atoms with Crippen LogP contribution >= 0.6 is 11.3 Å². The molecule has 0 saturated heterocycles. The van der Waals surface area contributed by atoms with Gasteiger partial charge in [-0.1, -0.05) is 36.2 Å². The molecule has 1 atom stereocenters. The Balaban J connectivity index is 2.29. The molecule has 0 bridgehead atoms. The lowest BCUT2D eigenvalue weighted by molar-refractivity contribution is -0.139. The van der Waals surface area contributed by atoms with Crippen molar-refractivity contribution in [2.24, 2.45) is 0 Å². The first-order chi connectivity index (χ1) is 10.4. The van der Waals surface area contributed by atoms with Crippen molar-refractivity contribution in [2.45, 2.75) is 33.2 Å². The van der Waals surface area contributed by atoms with Gasteiger partial charge in [0.15, 0.2) is 6.04 Å². The predicted octanol–water partition coefficient (Wildman–Crippen LogP) is 3.48. The lowest BCUT2D eigenvalue weighted by atomic mass is 10.0. The summed E-state index contributed by atoms with van der Waals surface area (Å²) in [6.45, 7) is 5.79. The standard InChI is InChI=1S/C17H19NO3S/c1-4-12-5-6-22-15(12)16(19)18-14(17(20)21)13-8-10(2)7-11(3)9-13/h5-9,14H,4H2,1-3H3,(H,18,19)(H,20,21). The fourth-order valence-electron chi connectivity index (χ4n) is 2.47. The number of thiophene rings is 1. The smallest absolute Gasteiger partial charge is 0.330 e. The Morgan fingerprint density at radius 3 is 2.41 bits per heavy atom. The number of benzene rings is 1. The van der Waals surface area contributed by atoms with E-state index in [1.807, 2.05) is 38.3 Å². The molecule has 1 amide bonds. The topological polar surface area (TPSA) is 66.4 Å². The largest absolute Gasteiger partial charge is 0.479 e. The van der Waals surface area contributed by atoms with Crippen LogP contribution in [0.5, 0.6) is 0 Å². The number of carbonyl (C=O) groups excluding carboxylic acids is 1. The van der Waals surface area contributed by atoms with Crippen molar-refractivity contribution >= 4 is 23.2 Å². The monoisotopic (exact) mass is 317 g/mol. The molecule has 1 unspecified atom stereocenters. The molecular formula is C17H19NO3S. The van der Waals surface area contributed by atoms with Crippen LogP contribution in [0.3, 0.4) is 0 Å². The Bertz CT molecular complexity index is 685. The number of carbonyl (C=O) groups is 2. The number of rotatable bonds is 5. The molecule has 5 heteroatoms. The average Bonchev–Trinajstić information content (AvgIpc) is 2.91. The minimum atomic E-state index is -1.06. The summed E-state index contributed by atoms with van der Waals surface area (Å²) in [6, 6.07) is 6.41. The van der Waals surface area contributed by atoms with Gasteiger partial charge >= 0.3 is 5.97 Å². The van der Waals surface area contributed by atoms with Crippen molar-refractivity contribution in [1.82, 2.24) is 5.32 Å². The van der Waals surface area contributed by atoms with Gasteiger partial charge in [-0.15, -0.1) is 11.3 Å². The van der Waals surface area contributed by atoms with Crippen LogP contribution in [0.15, 0.2) is 29.6 Å². The first-order valence-corrected chi connectivity index (χ1v) is 7.98. The molecule has 0 radical (unpaired) electrons. The zero-order valence-electron chi connectivity index (χ0n) is 12.8. The van der Waals surface area contributed by atoms with Gasteiger partial charge in [-0.05, 0) is 42.8 Å². The highest BCUT2D eigenvalue weighted by atomic mass is 32.1. The van der Waals surface area contributed by atoms with Gasteiger partial charge in [0.1, 0.15) is 0 Å². The summed E-state index contributed by atoms with van der Waals surface area (Å²) in [5.41, 5.74) is 3.47. The summed E-state index contributed by atoms with van der Waals surface area (Å²) < 4.78 is 0. The lowest BCUT2D eigenvalue weighted by Crippen LogP contribution is -2.33. The molecule has 0 spiro atoms. The Hall–Kier alpha value is -2.14. The number of aliphatic carboxylic acids is 1. The van der Waals surface area contributed by atoms with Crippen LogP contribution in [0.25, 0.3) is 0 Å². The first-order valence-electron chi connectivity index (χ1n) is 7.10. The minimum Gasteiger partial charge on any atom is -0.479 e. The zero-order chi connectivity index (χ0) is 16.3. The SMILES string of the molecule is CCc1ccsc1C(=O)NC(C(=O)O)c1cc(C)cc(C)c1. The van der Waals surface area contributed by atoms with E-state index in [4.69, 9.17) is 0 Å². The molecule has 1 aromatic carbocycles. The zero-order valence-corrected chi connectivity index (χ0v) is 13.7. The molecule has 2 aromatic rings. The summed E-state index contributed by atoms with van der Waals surface area (Å²) in [6.07, 6.45) is 0.744. The normalized spacial score (nSPS) is 12.0. The summed E-state index contributed by atoms with van der Waals surface area (Å²) in [5.74, 6) is -1.40. The number of hydrogen-bond acceptors (Lipinski definition) is 3. The summed E-state index contributed by atoms with van der Waals surface area (Å²) in [5, 5.41) is 14.0. The second-order valence-electron chi connectivity index (χ2n) is 5.29. The molecule has 0 fully saturated rings. The van der Waals surface area contributed by atoms with Gasteiger partial charge in [0.05, 0.1) is 4.88 Å². The minimum absolute atomic E-state index is 0.335. The van der Waals surface area contributed by atoms with E-state index >= 15 is 0 Å². The number of carboxylic acids is 1. The Kier molecular flexibility index (Phi) is 4.98. The van der Waals surface area contributed by atoms with E-state index in [2.05, 4.69) is 5.32 Å². The van der Waals surface area contributed by atoms with Crippen molar-refractivity contribution in [2.75, 3.05) is 0 Å². The quantitative estimate of drug-likeness (QED) is 0.887. The lowest BCUT2D eigenvalue weighted by Gasteiger charge is -2.16. The van der Waals surface area contributed by atoms with E-state index in [0.717, 1.165) is 23.1 Å². The Morgan fingerprint density at radius 1 is 1.23 bits per heavy atom. The molecule has 1 heterocycles. The van der Waals surface area contributed by atoms with Gasteiger partial charge in [0.2, 0.25) is 0 Å². The molecule has 0 aliphatic rings. The van der Waals surface area contributed by atoms with Crippen molar-refractivity contribution in [3.8, 4) is 0 Å². The molecule has 0 aliphatic heterocycles. The molecule has 1 aromatic heterocycles. The van der Waals surface area contributed by atoms with E-state index in [1.54, 1.807) is 12.1 Å². The highest BCUT2D eigenvalue weighted by Crippen LogP contribution is 2.21. The van der Waals surface area contributed by atoms with Gasteiger partial charge in [-0.3, -0.25) is 4.79 Å². The second-order valence-corrected chi connectivity index (χ2v) is 6.21. The Morgan fingerprint density at radius 2 is 1.86 bits per heavy atom. The van der Waals surface area contributed by atoms with E-state index in [-0.39, 0.29) is 5.91 Å². The van der Waals surface area contributed by atoms with Crippen molar-refractivity contribution in [3.05, 3.63) is 56.8 Å².